The number of phenolic OH excluding ortho intramolecular Hbond substituents is 1. The van der Waals surface area contributed by atoms with E-state index in [-0.39, 0.29) is 0 Å². The Kier molecular flexibility index (Phi) is 5.37. The number of benzene rings is 2. The Balaban J connectivity index is 2.16. The van der Waals surface area contributed by atoms with E-state index in [1.165, 1.54) is 28.7 Å². The van der Waals surface area contributed by atoms with Gasteiger partial charge in [0.1, 0.15) is 5.75 Å². The molecule has 0 radical (unpaired) electrons. The molecule has 0 saturated carbocycles. The third-order valence-corrected chi connectivity index (χ3v) is 5.01. The summed E-state index contributed by atoms with van der Waals surface area (Å²) in [6, 6.07) is 16.5. The minimum absolute atomic E-state index is 0.337. The van der Waals surface area contributed by atoms with Gasteiger partial charge in [-0.1, -0.05) is 50.2 Å². The van der Waals surface area contributed by atoms with Crippen LogP contribution in [0.25, 0.3) is 5.57 Å². The highest BCUT2D eigenvalue weighted by atomic mass is 16.3. The zero-order valence-electron chi connectivity index (χ0n) is 14.8. The fourth-order valence-corrected chi connectivity index (χ4v) is 3.69. The number of hydrogen-bond donors (Lipinski definition) is 1. The smallest absolute Gasteiger partial charge is 0.116 e. The van der Waals surface area contributed by atoms with Gasteiger partial charge in [-0.25, -0.2) is 0 Å². The molecule has 2 aromatic carbocycles. The lowest BCUT2D eigenvalue weighted by Gasteiger charge is -2.23. The zero-order valence-corrected chi connectivity index (χ0v) is 14.8. The summed E-state index contributed by atoms with van der Waals surface area (Å²) >= 11 is 0. The highest BCUT2D eigenvalue weighted by Crippen LogP contribution is 2.36. The van der Waals surface area contributed by atoms with Crippen LogP contribution < -0.4 is 0 Å². The number of fused-ring (bicyclic) bond motifs is 1. The first-order valence-electron chi connectivity index (χ1n) is 9.05. The zero-order chi connectivity index (χ0) is 16.9. The molecule has 0 heterocycles. The van der Waals surface area contributed by atoms with E-state index in [0.717, 1.165) is 38.0 Å². The van der Waals surface area contributed by atoms with E-state index in [1.807, 2.05) is 12.1 Å². The number of likely N-dealkylation sites (N-methyl/N-ethyl adjacent to an activating group) is 1. The van der Waals surface area contributed by atoms with Gasteiger partial charge in [0, 0.05) is 6.54 Å². The van der Waals surface area contributed by atoms with E-state index in [2.05, 4.69) is 49.1 Å². The summed E-state index contributed by atoms with van der Waals surface area (Å²) in [7, 11) is 0. The van der Waals surface area contributed by atoms with Crippen molar-refractivity contribution < 1.29 is 5.11 Å². The summed E-state index contributed by atoms with van der Waals surface area (Å²) < 4.78 is 0. The molecule has 3 rings (SSSR count). The van der Waals surface area contributed by atoms with E-state index in [4.69, 9.17) is 0 Å². The van der Waals surface area contributed by atoms with Gasteiger partial charge in [-0.15, -0.1) is 0 Å². The summed E-state index contributed by atoms with van der Waals surface area (Å²) in [4.78, 5) is 2.48. The summed E-state index contributed by atoms with van der Waals surface area (Å²) in [6.07, 6.45) is 3.44. The minimum atomic E-state index is 0.337. The molecular formula is C22H27NO. The first-order valence-corrected chi connectivity index (χ1v) is 9.05. The molecule has 1 N–H and O–H groups in total. The molecule has 0 unspecified atom stereocenters. The van der Waals surface area contributed by atoms with Gasteiger partial charge in [0.15, 0.2) is 0 Å². The summed E-state index contributed by atoms with van der Waals surface area (Å²) in [5, 5.41) is 9.99. The molecule has 0 atom stereocenters. The second-order valence-electron chi connectivity index (χ2n) is 6.50. The maximum absolute atomic E-state index is 9.99. The number of rotatable bonds is 5. The van der Waals surface area contributed by atoms with Crippen LogP contribution in [0.15, 0.2) is 54.1 Å². The van der Waals surface area contributed by atoms with Crippen molar-refractivity contribution in [3.63, 3.8) is 0 Å². The fourth-order valence-electron chi connectivity index (χ4n) is 3.69. The van der Waals surface area contributed by atoms with Crippen molar-refractivity contribution in [1.82, 2.24) is 4.90 Å². The third-order valence-electron chi connectivity index (χ3n) is 5.01. The number of aryl methyl sites for hydroxylation is 1. The molecule has 2 nitrogen and oxygen atoms in total. The minimum Gasteiger partial charge on any atom is -0.508 e. The van der Waals surface area contributed by atoms with Gasteiger partial charge in [0.2, 0.25) is 0 Å². The molecule has 126 valence electrons. The lowest BCUT2D eigenvalue weighted by atomic mass is 9.90. The topological polar surface area (TPSA) is 23.5 Å². The van der Waals surface area contributed by atoms with Crippen LogP contribution in [-0.2, 0) is 6.42 Å². The van der Waals surface area contributed by atoms with Crippen LogP contribution in [0.1, 0.15) is 43.4 Å². The molecule has 0 saturated heterocycles. The van der Waals surface area contributed by atoms with Gasteiger partial charge < -0.3 is 5.11 Å². The molecule has 0 aromatic heterocycles. The molecule has 0 amide bonds. The highest BCUT2D eigenvalue weighted by molar-refractivity contribution is 5.84. The van der Waals surface area contributed by atoms with E-state index in [0.29, 0.717) is 5.75 Å². The maximum Gasteiger partial charge on any atom is 0.116 e. The predicted molar refractivity (Wildman–Crippen MR) is 101 cm³/mol. The van der Waals surface area contributed by atoms with Crippen LogP contribution in [0.3, 0.4) is 0 Å². The Bertz CT molecular complexity index is 728. The van der Waals surface area contributed by atoms with Crippen molar-refractivity contribution in [2.24, 2.45) is 0 Å². The fraction of sp³-hybridized carbons (Fsp3) is 0.364. The van der Waals surface area contributed by atoms with Crippen molar-refractivity contribution in [2.45, 2.75) is 33.1 Å². The molecule has 24 heavy (non-hydrogen) atoms. The van der Waals surface area contributed by atoms with Crippen molar-refractivity contribution in [1.29, 1.82) is 0 Å². The van der Waals surface area contributed by atoms with E-state index < -0.39 is 0 Å². The first kappa shape index (κ1) is 16.8. The molecular weight excluding hydrogens is 294 g/mol. The third kappa shape index (κ3) is 3.54. The largest absolute Gasteiger partial charge is 0.508 e. The number of nitrogens with zero attached hydrogens (tertiary/aromatic N) is 1. The van der Waals surface area contributed by atoms with Gasteiger partial charge in [0.25, 0.3) is 0 Å². The molecule has 0 fully saturated rings. The molecule has 2 heteroatoms. The van der Waals surface area contributed by atoms with E-state index >= 15 is 0 Å². The van der Waals surface area contributed by atoms with E-state index in [9.17, 15) is 5.11 Å². The SMILES string of the molecule is CCN(CC)CC1=C(c2cccc(O)c2)c2ccccc2CCC1. The Morgan fingerprint density at radius 1 is 0.958 bits per heavy atom. The van der Waals surface area contributed by atoms with Crippen LogP contribution in [0.2, 0.25) is 0 Å². The first-order chi connectivity index (χ1) is 11.7. The number of phenols is 1. The van der Waals surface area contributed by atoms with Crippen LogP contribution in [0, 0.1) is 0 Å². The van der Waals surface area contributed by atoms with Gasteiger partial charge in [-0.3, -0.25) is 4.90 Å². The Morgan fingerprint density at radius 3 is 2.50 bits per heavy atom. The molecule has 0 spiro atoms. The van der Waals surface area contributed by atoms with Crippen LogP contribution in [0.5, 0.6) is 5.75 Å². The molecule has 0 aliphatic heterocycles. The second-order valence-corrected chi connectivity index (χ2v) is 6.50. The van der Waals surface area contributed by atoms with Crippen molar-refractivity contribution in [3.8, 4) is 5.75 Å². The Labute approximate surface area is 145 Å². The van der Waals surface area contributed by atoms with E-state index in [1.54, 1.807) is 6.07 Å². The average molecular weight is 321 g/mol. The second kappa shape index (κ2) is 7.67. The standard InChI is InChI=1S/C22H27NO/c1-3-23(4-2)16-19-12-7-10-17-9-5-6-14-21(17)22(19)18-11-8-13-20(24)15-18/h5-6,8-9,11,13-15,24H,3-4,7,10,12,16H2,1-2H3. The molecule has 1 aliphatic rings. The van der Waals surface area contributed by atoms with Crippen LogP contribution in [0.4, 0.5) is 0 Å². The lowest BCUT2D eigenvalue weighted by Crippen LogP contribution is -2.25. The van der Waals surface area contributed by atoms with Crippen LogP contribution >= 0.6 is 0 Å². The quantitative estimate of drug-likeness (QED) is 0.849. The number of hydrogen-bond acceptors (Lipinski definition) is 2. The molecule has 0 bridgehead atoms. The molecule has 1 aliphatic carbocycles. The number of aromatic hydroxyl groups is 1. The van der Waals surface area contributed by atoms with Crippen LogP contribution in [-0.4, -0.2) is 29.6 Å². The monoisotopic (exact) mass is 321 g/mol. The average Bonchev–Trinajstić information content (AvgIpc) is 2.78. The normalized spacial score (nSPS) is 14.6. The van der Waals surface area contributed by atoms with Crippen molar-refractivity contribution in [2.75, 3.05) is 19.6 Å². The van der Waals surface area contributed by atoms with Gasteiger partial charge in [-0.2, -0.15) is 0 Å². The maximum atomic E-state index is 9.99. The van der Waals surface area contributed by atoms with Crippen molar-refractivity contribution in [3.05, 3.63) is 70.8 Å². The predicted octanol–water partition coefficient (Wildman–Crippen LogP) is 4.87. The summed E-state index contributed by atoms with van der Waals surface area (Å²) in [5.74, 6) is 0.337. The summed E-state index contributed by atoms with van der Waals surface area (Å²) in [6.45, 7) is 7.59. The Hall–Kier alpha value is -2.06. The van der Waals surface area contributed by atoms with Gasteiger partial charge in [0.05, 0.1) is 0 Å². The molecule has 2 aromatic rings. The lowest BCUT2D eigenvalue weighted by molar-refractivity contribution is 0.327. The summed E-state index contributed by atoms with van der Waals surface area (Å²) in [5.41, 5.74) is 6.71. The van der Waals surface area contributed by atoms with Crippen molar-refractivity contribution >= 4 is 5.57 Å². The Morgan fingerprint density at radius 2 is 1.75 bits per heavy atom. The highest BCUT2D eigenvalue weighted by Gasteiger charge is 2.19. The van der Waals surface area contributed by atoms with Gasteiger partial charge >= 0.3 is 0 Å². The van der Waals surface area contributed by atoms with Gasteiger partial charge in [-0.05, 0) is 72.3 Å².